The predicted octanol–water partition coefficient (Wildman–Crippen LogP) is 2.12. The van der Waals surface area contributed by atoms with E-state index >= 15 is 0 Å². The van der Waals surface area contributed by atoms with Gasteiger partial charge in [0, 0.05) is 19.0 Å². The molecule has 0 aromatic heterocycles. The van der Waals surface area contributed by atoms with Crippen LogP contribution in [0.15, 0.2) is 18.2 Å². The Morgan fingerprint density at radius 3 is 2.83 bits per heavy atom. The van der Waals surface area contributed by atoms with Gasteiger partial charge in [-0.15, -0.1) is 12.3 Å². The molecule has 0 bridgehead atoms. The molecule has 1 aromatic rings. The van der Waals surface area contributed by atoms with Crippen LogP contribution in [0.3, 0.4) is 0 Å². The first-order chi connectivity index (χ1) is 8.56. The molecule has 0 fully saturated rings. The van der Waals surface area contributed by atoms with Gasteiger partial charge in [-0.3, -0.25) is 10.1 Å². The van der Waals surface area contributed by atoms with E-state index in [9.17, 15) is 14.9 Å². The molecule has 1 aromatic carbocycles. The van der Waals surface area contributed by atoms with Crippen LogP contribution in [-0.4, -0.2) is 22.5 Å². The SMILES string of the molecule is C#CCCCNc1ccc(C(=O)O)cc1[N+](=O)[O-]. The van der Waals surface area contributed by atoms with E-state index in [1.807, 2.05) is 0 Å². The van der Waals surface area contributed by atoms with Gasteiger partial charge < -0.3 is 10.4 Å². The van der Waals surface area contributed by atoms with Crippen LogP contribution >= 0.6 is 0 Å². The van der Waals surface area contributed by atoms with Crippen LogP contribution in [0, 0.1) is 22.5 Å². The van der Waals surface area contributed by atoms with Crippen molar-refractivity contribution in [2.24, 2.45) is 0 Å². The van der Waals surface area contributed by atoms with Gasteiger partial charge in [0.05, 0.1) is 10.5 Å². The van der Waals surface area contributed by atoms with E-state index in [4.69, 9.17) is 11.5 Å². The second-order valence-electron chi connectivity index (χ2n) is 3.53. The summed E-state index contributed by atoms with van der Waals surface area (Å²) in [4.78, 5) is 20.9. The highest BCUT2D eigenvalue weighted by atomic mass is 16.6. The van der Waals surface area contributed by atoms with Crippen molar-refractivity contribution in [3.05, 3.63) is 33.9 Å². The molecule has 6 nitrogen and oxygen atoms in total. The van der Waals surface area contributed by atoms with Gasteiger partial charge in [0.1, 0.15) is 5.69 Å². The highest BCUT2D eigenvalue weighted by molar-refractivity contribution is 5.89. The lowest BCUT2D eigenvalue weighted by molar-refractivity contribution is -0.384. The molecule has 0 saturated heterocycles. The molecule has 0 spiro atoms. The number of nitrogens with zero attached hydrogens (tertiary/aromatic N) is 1. The molecular weight excluding hydrogens is 236 g/mol. The Bertz CT molecular complexity index is 505. The number of aromatic carboxylic acids is 1. The van der Waals surface area contributed by atoms with Crippen molar-refractivity contribution in [3.8, 4) is 12.3 Å². The fourth-order valence-electron chi connectivity index (χ4n) is 1.38. The van der Waals surface area contributed by atoms with Crippen molar-refractivity contribution in [2.75, 3.05) is 11.9 Å². The summed E-state index contributed by atoms with van der Waals surface area (Å²) in [7, 11) is 0. The summed E-state index contributed by atoms with van der Waals surface area (Å²) in [5.41, 5.74) is -0.0755. The molecule has 0 aliphatic heterocycles. The van der Waals surface area contributed by atoms with Gasteiger partial charge in [-0.05, 0) is 18.6 Å². The van der Waals surface area contributed by atoms with Crippen molar-refractivity contribution < 1.29 is 14.8 Å². The first-order valence-corrected chi connectivity index (χ1v) is 5.25. The van der Waals surface area contributed by atoms with Gasteiger partial charge in [-0.2, -0.15) is 0 Å². The quantitative estimate of drug-likeness (QED) is 0.348. The second kappa shape index (κ2) is 6.25. The maximum Gasteiger partial charge on any atom is 0.335 e. The standard InChI is InChI=1S/C12H12N2O4/c1-2-3-4-7-13-10-6-5-9(12(15)16)8-11(10)14(17)18/h1,5-6,8,13H,3-4,7H2,(H,15,16). The number of hydrogen-bond acceptors (Lipinski definition) is 4. The average molecular weight is 248 g/mol. The van der Waals surface area contributed by atoms with Gasteiger partial charge in [0.25, 0.3) is 5.69 Å². The van der Waals surface area contributed by atoms with Gasteiger partial charge in [-0.1, -0.05) is 0 Å². The lowest BCUT2D eigenvalue weighted by Gasteiger charge is -2.06. The number of anilines is 1. The monoisotopic (exact) mass is 248 g/mol. The third-order valence-electron chi connectivity index (χ3n) is 2.25. The van der Waals surface area contributed by atoms with Crippen LogP contribution in [0.5, 0.6) is 0 Å². The van der Waals surface area contributed by atoms with Crippen LogP contribution in [-0.2, 0) is 0 Å². The van der Waals surface area contributed by atoms with Gasteiger partial charge in [0.15, 0.2) is 0 Å². The maximum absolute atomic E-state index is 10.8. The lowest BCUT2D eigenvalue weighted by Crippen LogP contribution is -2.06. The van der Waals surface area contributed by atoms with E-state index in [-0.39, 0.29) is 11.3 Å². The Labute approximate surface area is 104 Å². The van der Waals surface area contributed by atoms with Crippen LogP contribution < -0.4 is 5.32 Å². The molecule has 0 aliphatic rings. The molecular formula is C12H12N2O4. The molecule has 0 amide bonds. The molecule has 2 N–H and O–H groups in total. The fraction of sp³-hybridized carbons (Fsp3) is 0.250. The number of benzene rings is 1. The molecule has 18 heavy (non-hydrogen) atoms. The van der Waals surface area contributed by atoms with E-state index in [2.05, 4.69) is 11.2 Å². The topological polar surface area (TPSA) is 92.5 Å². The highest BCUT2D eigenvalue weighted by Crippen LogP contribution is 2.25. The van der Waals surface area contributed by atoms with Crippen LogP contribution in [0.4, 0.5) is 11.4 Å². The summed E-state index contributed by atoms with van der Waals surface area (Å²) in [5, 5.41) is 22.5. The van der Waals surface area contributed by atoms with Crippen molar-refractivity contribution >= 4 is 17.3 Å². The minimum absolute atomic E-state index is 0.115. The highest BCUT2D eigenvalue weighted by Gasteiger charge is 2.16. The second-order valence-corrected chi connectivity index (χ2v) is 3.53. The number of carboxylic acids is 1. The van der Waals surface area contributed by atoms with Crippen molar-refractivity contribution in [1.29, 1.82) is 0 Å². The molecule has 0 atom stereocenters. The summed E-state index contributed by atoms with van der Waals surface area (Å²) in [6, 6.07) is 3.74. The van der Waals surface area contributed by atoms with E-state index in [0.717, 1.165) is 6.07 Å². The van der Waals surface area contributed by atoms with Crippen LogP contribution in [0.1, 0.15) is 23.2 Å². The van der Waals surface area contributed by atoms with Crippen molar-refractivity contribution in [1.82, 2.24) is 0 Å². The zero-order chi connectivity index (χ0) is 13.5. The van der Waals surface area contributed by atoms with Gasteiger partial charge in [-0.25, -0.2) is 4.79 Å². The summed E-state index contributed by atoms with van der Waals surface area (Å²) >= 11 is 0. The molecule has 94 valence electrons. The predicted molar refractivity (Wildman–Crippen MR) is 66.6 cm³/mol. The van der Waals surface area contributed by atoms with Gasteiger partial charge in [0.2, 0.25) is 0 Å². The molecule has 0 aliphatic carbocycles. The normalized spacial score (nSPS) is 9.50. The molecule has 0 unspecified atom stereocenters. The number of nitro benzene ring substituents is 1. The third kappa shape index (κ3) is 3.49. The molecule has 0 heterocycles. The number of nitro groups is 1. The lowest BCUT2D eigenvalue weighted by atomic mass is 10.1. The zero-order valence-electron chi connectivity index (χ0n) is 9.55. The number of hydrogen-bond donors (Lipinski definition) is 2. The smallest absolute Gasteiger partial charge is 0.335 e. The maximum atomic E-state index is 10.8. The Morgan fingerprint density at radius 2 is 2.28 bits per heavy atom. The number of unbranched alkanes of at least 4 members (excludes halogenated alkanes) is 1. The summed E-state index contributed by atoms with van der Waals surface area (Å²) in [6.07, 6.45) is 6.35. The Morgan fingerprint density at radius 1 is 1.56 bits per heavy atom. The third-order valence-corrected chi connectivity index (χ3v) is 2.25. The van der Waals surface area contributed by atoms with E-state index in [0.29, 0.717) is 25.1 Å². The molecule has 0 saturated carbocycles. The Balaban J connectivity index is 2.87. The number of carboxylic acid groups (broad SMARTS) is 1. The summed E-state index contributed by atoms with van der Waals surface area (Å²) in [5.74, 6) is 1.27. The largest absolute Gasteiger partial charge is 0.478 e. The summed E-state index contributed by atoms with van der Waals surface area (Å²) < 4.78 is 0. The molecule has 0 radical (unpaired) electrons. The molecule has 1 rings (SSSR count). The van der Waals surface area contributed by atoms with E-state index in [1.165, 1.54) is 12.1 Å². The zero-order valence-corrected chi connectivity index (χ0v) is 9.55. The first-order valence-electron chi connectivity index (χ1n) is 5.25. The van der Waals surface area contributed by atoms with Gasteiger partial charge >= 0.3 is 5.97 Å². The first kappa shape index (κ1) is 13.5. The van der Waals surface area contributed by atoms with Crippen molar-refractivity contribution in [3.63, 3.8) is 0 Å². The Kier molecular flexibility index (Phi) is 4.69. The average Bonchev–Trinajstić information content (AvgIpc) is 2.34. The number of rotatable bonds is 6. The van der Waals surface area contributed by atoms with Crippen LogP contribution in [0.25, 0.3) is 0 Å². The molecule has 6 heteroatoms. The number of carbonyl (C=O) groups is 1. The van der Waals surface area contributed by atoms with Crippen LogP contribution in [0.2, 0.25) is 0 Å². The summed E-state index contributed by atoms with van der Waals surface area (Å²) in [6.45, 7) is 0.497. The minimum atomic E-state index is -1.20. The fourth-order valence-corrected chi connectivity index (χ4v) is 1.38. The minimum Gasteiger partial charge on any atom is -0.478 e. The number of terminal acetylenes is 1. The van der Waals surface area contributed by atoms with E-state index in [1.54, 1.807) is 0 Å². The van der Waals surface area contributed by atoms with Crippen molar-refractivity contribution in [2.45, 2.75) is 12.8 Å². The Hall–Kier alpha value is -2.55. The van der Waals surface area contributed by atoms with E-state index < -0.39 is 10.9 Å². The number of nitrogens with one attached hydrogen (secondary N) is 1.